The number of likely N-dealkylation sites (N-methyl/N-ethyl adjacent to an activating group) is 1. The number of nitrogens with zero attached hydrogens (tertiary/aromatic N) is 1. The third kappa shape index (κ3) is 2.72. The first-order chi connectivity index (χ1) is 11.2. The van der Waals surface area contributed by atoms with Crippen molar-refractivity contribution < 1.29 is 13.2 Å². The van der Waals surface area contributed by atoms with Crippen molar-refractivity contribution in [1.29, 1.82) is 0 Å². The van der Waals surface area contributed by atoms with Gasteiger partial charge in [-0.25, -0.2) is 13.1 Å². The molecule has 126 valence electrons. The van der Waals surface area contributed by atoms with E-state index in [1.54, 1.807) is 24.1 Å². The first kappa shape index (κ1) is 16.7. The lowest BCUT2D eigenvalue weighted by molar-refractivity contribution is -0.121. The largest absolute Gasteiger partial charge is 0.314 e. The molecule has 0 bridgehead atoms. The van der Waals surface area contributed by atoms with Crippen LogP contribution in [0, 0.1) is 0 Å². The first-order valence-corrected chi connectivity index (χ1v) is 9.18. The summed E-state index contributed by atoms with van der Waals surface area (Å²) in [5.74, 6) is -0.0377. The Morgan fingerprint density at radius 1 is 1.08 bits per heavy atom. The molecule has 0 radical (unpaired) electrons. The first-order valence-electron chi connectivity index (χ1n) is 7.70. The Kier molecular flexibility index (Phi) is 3.97. The van der Waals surface area contributed by atoms with E-state index in [-0.39, 0.29) is 17.3 Å². The molecule has 1 N–H and O–H groups in total. The number of carbonyl (C=O) groups is 1. The monoisotopic (exact) mass is 344 g/mol. The number of anilines is 1. The third-order valence-corrected chi connectivity index (χ3v) is 5.86. The van der Waals surface area contributed by atoms with Gasteiger partial charge in [0.15, 0.2) is 0 Å². The van der Waals surface area contributed by atoms with E-state index in [1.165, 1.54) is 6.07 Å². The molecule has 0 saturated carbocycles. The molecular weight excluding hydrogens is 324 g/mol. The molecule has 24 heavy (non-hydrogen) atoms. The molecule has 5 nitrogen and oxygen atoms in total. The van der Waals surface area contributed by atoms with Crippen LogP contribution in [0.25, 0.3) is 0 Å². The molecule has 0 aliphatic carbocycles. The molecule has 0 aromatic heterocycles. The molecule has 1 aliphatic rings. The molecule has 0 fully saturated rings. The second kappa shape index (κ2) is 5.72. The quantitative estimate of drug-likeness (QED) is 0.926. The minimum atomic E-state index is -3.65. The summed E-state index contributed by atoms with van der Waals surface area (Å²) in [4.78, 5) is 14.1. The Morgan fingerprint density at radius 2 is 1.75 bits per heavy atom. The summed E-state index contributed by atoms with van der Waals surface area (Å²) in [6, 6.07) is 14.2. The van der Waals surface area contributed by atoms with Crippen LogP contribution in [0.2, 0.25) is 0 Å². The maximum atomic E-state index is 12.6. The van der Waals surface area contributed by atoms with Gasteiger partial charge in [-0.15, -0.1) is 0 Å². The van der Waals surface area contributed by atoms with E-state index >= 15 is 0 Å². The zero-order valence-corrected chi connectivity index (χ0v) is 14.7. The molecule has 1 amide bonds. The van der Waals surface area contributed by atoms with Crippen LogP contribution in [-0.4, -0.2) is 21.4 Å². The third-order valence-electron chi connectivity index (χ3n) is 4.46. The number of hydrogen-bond acceptors (Lipinski definition) is 3. The van der Waals surface area contributed by atoms with Gasteiger partial charge in [0.1, 0.15) is 0 Å². The summed E-state index contributed by atoms with van der Waals surface area (Å²) in [6.45, 7) is 3.85. The molecule has 0 unspecified atom stereocenters. The molecule has 2 aromatic carbocycles. The molecule has 0 atom stereocenters. The summed E-state index contributed by atoms with van der Waals surface area (Å²) in [6.07, 6.45) is 0. The van der Waals surface area contributed by atoms with Crippen LogP contribution in [0.5, 0.6) is 0 Å². The van der Waals surface area contributed by atoms with Crippen LogP contribution in [-0.2, 0) is 26.8 Å². The van der Waals surface area contributed by atoms with Gasteiger partial charge in [-0.2, -0.15) is 0 Å². The summed E-state index contributed by atoms with van der Waals surface area (Å²) < 4.78 is 27.7. The van der Waals surface area contributed by atoms with E-state index in [0.29, 0.717) is 0 Å². The topological polar surface area (TPSA) is 66.5 Å². The van der Waals surface area contributed by atoms with Gasteiger partial charge in [-0.1, -0.05) is 30.3 Å². The lowest BCUT2D eigenvalue weighted by atomic mass is 9.86. The number of fused-ring (bicyclic) bond motifs is 1. The molecule has 0 saturated heterocycles. The van der Waals surface area contributed by atoms with Gasteiger partial charge in [-0.3, -0.25) is 4.79 Å². The van der Waals surface area contributed by atoms with Crippen LogP contribution in [0.4, 0.5) is 5.69 Å². The minimum absolute atomic E-state index is 0.0377. The van der Waals surface area contributed by atoms with Crippen LogP contribution < -0.4 is 9.62 Å². The van der Waals surface area contributed by atoms with Gasteiger partial charge in [0.05, 0.1) is 10.3 Å². The van der Waals surface area contributed by atoms with Crippen molar-refractivity contribution in [3.05, 3.63) is 59.7 Å². The standard InChI is InChI=1S/C18H20N2O3S/c1-18(2)15-11-14(9-10-16(15)20(3)17(18)21)24(22,23)19-12-13-7-5-4-6-8-13/h4-11,19H,12H2,1-3H3. The fraction of sp³-hybridized carbons (Fsp3) is 0.278. The maximum Gasteiger partial charge on any atom is 0.240 e. The Balaban J connectivity index is 1.91. The van der Waals surface area contributed by atoms with Gasteiger partial charge in [0, 0.05) is 19.3 Å². The van der Waals surface area contributed by atoms with Crippen molar-refractivity contribution in [2.24, 2.45) is 0 Å². The number of amides is 1. The van der Waals surface area contributed by atoms with E-state index in [2.05, 4.69) is 4.72 Å². The van der Waals surface area contributed by atoms with E-state index in [4.69, 9.17) is 0 Å². The van der Waals surface area contributed by atoms with Gasteiger partial charge >= 0.3 is 0 Å². The van der Waals surface area contributed by atoms with E-state index in [0.717, 1.165) is 16.8 Å². The molecule has 6 heteroatoms. The predicted molar refractivity (Wildman–Crippen MR) is 93.3 cm³/mol. The molecule has 1 heterocycles. The zero-order chi connectivity index (χ0) is 17.5. The highest BCUT2D eigenvalue weighted by Gasteiger charge is 2.42. The molecule has 2 aromatic rings. The van der Waals surface area contributed by atoms with Crippen LogP contribution in [0.3, 0.4) is 0 Å². The van der Waals surface area contributed by atoms with E-state index < -0.39 is 15.4 Å². The lowest BCUT2D eigenvalue weighted by Gasteiger charge is -2.16. The molecular formula is C18H20N2O3S. The highest BCUT2D eigenvalue weighted by atomic mass is 32.2. The van der Waals surface area contributed by atoms with Crippen molar-refractivity contribution in [2.75, 3.05) is 11.9 Å². The van der Waals surface area contributed by atoms with Crippen molar-refractivity contribution in [1.82, 2.24) is 4.72 Å². The Bertz CT molecular complexity index is 890. The normalized spacial score (nSPS) is 16.3. The van der Waals surface area contributed by atoms with Gasteiger partial charge < -0.3 is 4.90 Å². The number of benzene rings is 2. The molecule has 3 rings (SSSR count). The number of rotatable bonds is 4. The number of nitrogens with one attached hydrogen (secondary N) is 1. The van der Waals surface area contributed by atoms with E-state index in [1.807, 2.05) is 44.2 Å². The van der Waals surface area contributed by atoms with Gasteiger partial charge in [0.2, 0.25) is 15.9 Å². The average molecular weight is 344 g/mol. The fourth-order valence-corrected chi connectivity index (χ4v) is 4.02. The summed E-state index contributed by atoms with van der Waals surface area (Å²) in [5.41, 5.74) is 1.65. The Labute approximate surface area is 142 Å². The smallest absolute Gasteiger partial charge is 0.240 e. The van der Waals surface area contributed by atoms with Crippen molar-refractivity contribution >= 4 is 21.6 Å². The Morgan fingerprint density at radius 3 is 2.42 bits per heavy atom. The average Bonchev–Trinajstić information content (AvgIpc) is 2.75. The Hall–Kier alpha value is -2.18. The summed E-state index contributed by atoms with van der Waals surface area (Å²) in [7, 11) is -1.94. The molecule has 1 aliphatic heterocycles. The lowest BCUT2D eigenvalue weighted by Crippen LogP contribution is -2.33. The summed E-state index contributed by atoms with van der Waals surface area (Å²) in [5, 5.41) is 0. The van der Waals surface area contributed by atoms with Crippen LogP contribution in [0.15, 0.2) is 53.4 Å². The molecule has 0 spiro atoms. The number of sulfonamides is 1. The number of carbonyl (C=O) groups excluding carboxylic acids is 1. The van der Waals surface area contributed by atoms with Crippen LogP contribution >= 0.6 is 0 Å². The summed E-state index contributed by atoms with van der Waals surface area (Å²) >= 11 is 0. The van der Waals surface area contributed by atoms with Gasteiger partial charge in [0.25, 0.3) is 0 Å². The minimum Gasteiger partial charge on any atom is -0.314 e. The number of hydrogen-bond donors (Lipinski definition) is 1. The van der Waals surface area contributed by atoms with Crippen LogP contribution in [0.1, 0.15) is 25.0 Å². The highest BCUT2D eigenvalue weighted by molar-refractivity contribution is 7.89. The van der Waals surface area contributed by atoms with E-state index in [9.17, 15) is 13.2 Å². The highest BCUT2D eigenvalue weighted by Crippen LogP contribution is 2.41. The van der Waals surface area contributed by atoms with Crippen molar-refractivity contribution in [3.8, 4) is 0 Å². The van der Waals surface area contributed by atoms with Gasteiger partial charge in [-0.05, 0) is 43.2 Å². The SMILES string of the molecule is CN1C(=O)C(C)(C)c2cc(S(=O)(=O)NCc3ccccc3)ccc21. The maximum absolute atomic E-state index is 12.6. The van der Waals surface area contributed by atoms with Crippen molar-refractivity contribution in [2.45, 2.75) is 30.7 Å². The zero-order valence-electron chi connectivity index (χ0n) is 13.9. The van der Waals surface area contributed by atoms with Crippen molar-refractivity contribution in [3.63, 3.8) is 0 Å². The second-order valence-corrected chi connectivity index (χ2v) is 8.25. The predicted octanol–water partition coefficient (Wildman–Crippen LogP) is 2.42. The second-order valence-electron chi connectivity index (χ2n) is 6.48. The fourth-order valence-electron chi connectivity index (χ4n) is 2.98.